The average molecular weight is 239 g/mol. The van der Waals surface area contributed by atoms with E-state index in [0.717, 1.165) is 18.6 Å². The largest absolute Gasteiger partial charge is 0.412 e. The Balaban J connectivity index is 2.12. The van der Waals surface area contributed by atoms with Crippen LogP contribution in [0.3, 0.4) is 0 Å². The van der Waals surface area contributed by atoms with E-state index in [2.05, 4.69) is 11.6 Å². The second-order valence-corrected chi connectivity index (χ2v) is 4.31. The molecule has 1 N–H and O–H groups in total. The number of thioether (sulfide) groups is 1. The predicted octanol–water partition coefficient (Wildman–Crippen LogP) is 2.92. The Kier molecular flexibility index (Phi) is 6.49. The maximum atomic E-state index is 11.3. The highest BCUT2D eigenvalue weighted by molar-refractivity contribution is 7.98. The van der Waals surface area contributed by atoms with Gasteiger partial charge in [-0.2, -0.15) is 11.8 Å². The summed E-state index contributed by atoms with van der Waals surface area (Å²) in [5.74, 6) is 1.71. The third-order valence-corrected chi connectivity index (χ3v) is 2.70. The van der Waals surface area contributed by atoms with Crippen molar-refractivity contribution in [2.75, 3.05) is 18.6 Å². The molecule has 1 rings (SSSR count). The van der Waals surface area contributed by atoms with Crippen LogP contribution in [0.2, 0.25) is 0 Å². The smallest absolute Gasteiger partial charge is 0.410 e. The van der Waals surface area contributed by atoms with Crippen LogP contribution in [-0.4, -0.2) is 24.6 Å². The standard InChI is InChI=1S/C12H17NO2S/c1-16-10-6-5-9-13-12(14)15-11-7-3-2-4-8-11/h2-4,7-8H,5-6,9-10H2,1H3,(H,13,14). The molecule has 1 amide bonds. The fourth-order valence-electron chi connectivity index (χ4n) is 1.19. The Morgan fingerprint density at radius 2 is 2.06 bits per heavy atom. The first-order chi connectivity index (χ1) is 7.83. The SMILES string of the molecule is CSCCCCNC(=O)Oc1ccccc1. The van der Waals surface area contributed by atoms with Crippen LogP contribution in [0.4, 0.5) is 4.79 Å². The van der Waals surface area contributed by atoms with Gasteiger partial charge < -0.3 is 10.1 Å². The van der Waals surface area contributed by atoms with E-state index in [1.54, 1.807) is 12.1 Å². The maximum absolute atomic E-state index is 11.3. The topological polar surface area (TPSA) is 38.3 Å². The molecule has 16 heavy (non-hydrogen) atoms. The Morgan fingerprint density at radius 1 is 1.31 bits per heavy atom. The molecular weight excluding hydrogens is 222 g/mol. The first-order valence-electron chi connectivity index (χ1n) is 5.32. The third-order valence-electron chi connectivity index (χ3n) is 2.00. The van der Waals surface area contributed by atoms with Crippen LogP contribution in [0, 0.1) is 0 Å². The summed E-state index contributed by atoms with van der Waals surface area (Å²) in [6, 6.07) is 9.07. The van der Waals surface area contributed by atoms with Gasteiger partial charge in [-0.15, -0.1) is 0 Å². The van der Waals surface area contributed by atoms with Crippen LogP contribution >= 0.6 is 11.8 Å². The van der Waals surface area contributed by atoms with Gasteiger partial charge in [0.2, 0.25) is 0 Å². The van der Waals surface area contributed by atoms with Crippen molar-refractivity contribution in [2.45, 2.75) is 12.8 Å². The third kappa shape index (κ3) is 5.66. The normalized spacial score (nSPS) is 9.81. The van der Waals surface area contributed by atoms with E-state index in [0.29, 0.717) is 12.3 Å². The van der Waals surface area contributed by atoms with E-state index >= 15 is 0 Å². The molecule has 0 unspecified atom stereocenters. The molecule has 0 atom stereocenters. The summed E-state index contributed by atoms with van der Waals surface area (Å²) in [4.78, 5) is 11.3. The fraction of sp³-hybridized carbons (Fsp3) is 0.417. The number of hydrogen-bond donors (Lipinski definition) is 1. The summed E-state index contributed by atoms with van der Waals surface area (Å²) in [5.41, 5.74) is 0. The van der Waals surface area contributed by atoms with Crippen LogP contribution < -0.4 is 10.1 Å². The van der Waals surface area contributed by atoms with Gasteiger partial charge in [0, 0.05) is 6.54 Å². The lowest BCUT2D eigenvalue weighted by atomic mass is 10.3. The molecule has 0 radical (unpaired) electrons. The van der Waals surface area contributed by atoms with Crippen LogP contribution in [0.5, 0.6) is 5.75 Å². The zero-order valence-corrected chi connectivity index (χ0v) is 10.3. The highest BCUT2D eigenvalue weighted by Gasteiger charge is 2.01. The molecule has 1 aromatic rings. The van der Waals surface area contributed by atoms with Crippen LogP contribution in [0.1, 0.15) is 12.8 Å². The number of ether oxygens (including phenoxy) is 1. The average Bonchev–Trinajstić information content (AvgIpc) is 2.30. The maximum Gasteiger partial charge on any atom is 0.412 e. The van der Waals surface area contributed by atoms with Gasteiger partial charge in [-0.05, 0) is 37.0 Å². The molecule has 0 bridgehead atoms. The lowest BCUT2D eigenvalue weighted by Gasteiger charge is -2.05. The molecule has 1 aromatic carbocycles. The van der Waals surface area contributed by atoms with E-state index < -0.39 is 0 Å². The number of hydrogen-bond acceptors (Lipinski definition) is 3. The molecule has 3 nitrogen and oxygen atoms in total. The number of carbonyl (C=O) groups is 1. The lowest BCUT2D eigenvalue weighted by molar-refractivity contribution is 0.200. The predicted molar refractivity (Wildman–Crippen MR) is 68.1 cm³/mol. The van der Waals surface area contributed by atoms with Crippen molar-refractivity contribution in [3.05, 3.63) is 30.3 Å². The Morgan fingerprint density at radius 3 is 2.75 bits per heavy atom. The molecule has 0 spiro atoms. The van der Waals surface area contributed by atoms with E-state index in [9.17, 15) is 4.79 Å². The van der Waals surface area contributed by atoms with Gasteiger partial charge in [0.25, 0.3) is 0 Å². The van der Waals surface area contributed by atoms with Crippen molar-refractivity contribution in [2.24, 2.45) is 0 Å². The summed E-state index contributed by atoms with van der Waals surface area (Å²) < 4.78 is 5.07. The van der Waals surface area contributed by atoms with Gasteiger partial charge in [0.05, 0.1) is 0 Å². The van der Waals surface area contributed by atoms with Crippen LogP contribution in [0.25, 0.3) is 0 Å². The van der Waals surface area contributed by atoms with E-state index in [1.807, 2.05) is 30.0 Å². The van der Waals surface area contributed by atoms with Gasteiger partial charge in [-0.1, -0.05) is 18.2 Å². The molecule has 0 aliphatic heterocycles. The van der Waals surface area contributed by atoms with Crippen LogP contribution in [0.15, 0.2) is 30.3 Å². The highest BCUT2D eigenvalue weighted by Crippen LogP contribution is 2.08. The van der Waals surface area contributed by atoms with E-state index in [-0.39, 0.29) is 6.09 Å². The van der Waals surface area contributed by atoms with Gasteiger partial charge in [-0.25, -0.2) is 4.79 Å². The zero-order valence-electron chi connectivity index (χ0n) is 9.44. The van der Waals surface area contributed by atoms with Crippen molar-refractivity contribution in [3.8, 4) is 5.75 Å². The number of amides is 1. The molecule has 0 saturated carbocycles. The number of rotatable bonds is 6. The summed E-state index contributed by atoms with van der Waals surface area (Å²) in [6.45, 7) is 0.673. The number of benzene rings is 1. The second-order valence-electron chi connectivity index (χ2n) is 3.33. The molecular formula is C12H17NO2S. The summed E-state index contributed by atoms with van der Waals surface area (Å²) >= 11 is 1.82. The molecule has 88 valence electrons. The molecule has 0 saturated heterocycles. The van der Waals surface area contributed by atoms with Crippen molar-refractivity contribution < 1.29 is 9.53 Å². The van der Waals surface area contributed by atoms with Gasteiger partial charge >= 0.3 is 6.09 Å². The molecule has 0 aromatic heterocycles. The fourth-order valence-corrected chi connectivity index (χ4v) is 1.69. The number of para-hydroxylation sites is 1. The first-order valence-corrected chi connectivity index (χ1v) is 6.72. The zero-order chi connectivity index (χ0) is 11.6. The van der Waals surface area contributed by atoms with Crippen molar-refractivity contribution in [3.63, 3.8) is 0 Å². The minimum Gasteiger partial charge on any atom is -0.410 e. The molecule has 0 aliphatic rings. The molecule has 0 heterocycles. The van der Waals surface area contributed by atoms with Crippen molar-refractivity contribution >= 4 is 17.9 Å². The number of unbranched alkanes of at least 4 members (excludes halogenated alkanes) is 1. The lowest BCUT2D eigenvalue weighted by Crippen LogP contribution is -2.27. The second kappa shape index (κ2) is 8.05. The summed E-state index contributed by atoms with van der Waals surface area (Å²) in [5, 5.41) is 2.72. The minimum absolute atomic E-state index is 0.379. The minimum atomic E-state index is -0.379. The monoisotopic (exact) mass is 239 g/mol. The number of nitrogens with one attached hydrogen (secondary N) is 1. The summed E-state index contributed by atoms with van der Waals surface area (Å²) in [6.07, 6.45) is 3.81. The van der Waals surface area contributed by atoms with Crippen LogP contribution in [-0.2, 0) is 0 Å². The number of carbonyl (C=O) groups excluding carboxylic acids is 1. The Hall–Kier alpha value is -1.16. The van der Waals surface area contributed by atoms with Gasteiger partial charge in [0.1, 0.15) is 5.75 Å². The highest BCUT2D eigenvalue weighted by atomic mass is 32.2. The summed E-state index contributed by atoms with van der Waals surface area (Å²) in [7, 11) is 0. The van der Waals surface area contributed by atoms with Crippen molar-refractivity contribution in [1.29, 1.82) is 0 Å². The Bertz CT molecular complexity index is 303. The molecule has 0 aliphatic carbocycles. The van der Waals surface area contributed by atoms with Gasteiger partial charge in [-0.3, -0.25) is 0 Å². The molecule has 0 fully saturated rings. The Labute approximate surface area is 101 Å². The van der Waals surface area contributed by atoms with E-state index in [4.69, 9.17) is 4.74 Å². The first kappa shape index (κ1) is 12.9. The quantitative estimate of drug-likeness (QED) is 0.776. The van der Waals surface area contributed by atoms with Gasteiger partial charge in [0.15, 0.2) is 0 Å². The van der Waals surface area contributed by atoms with E-state index in [1.165, 1.54) is 0 Å². The molecule has 4 heteroatoms. The van der Waals surface area contributed by atoms with Crippen molar-refractivity contribution in [1.82, 2.24) is 5.32 Å².